The Balaban J connectivity index is 1.68. The maximum atomic E-state index is 12.5. The van der Waals surface area contributed by atoms with Gasteiger partial charge in [-0.25, -0.2) is 4.79 Å². The Labute approximate surface area is 145 Å². The van der Waals surface area contributed by atoms with Crippen LogP contribution in [0.25, 0.3) is 0 Å². The Morgan fingerprint density at radius 1 is 1.12 bits per heavy atom. The van der Waals surface area contributed by atoms with Gasteiger partial charge in [0, 0.05) is 17.8 Å². The first-order valence-corrected chi connectivity index (χ1v) is 7.89. The molecule has 0 fully saturated rings. The fraction of sp³-hybridized carbons (Fsp3) is 0.211. The van der Waals surface area contributed by atoms with Crippen molar-refractivity contribution in [2.45, 2.75) is 19.5 Å². The summed E-state index contributed by atoms with van der Waals surface area (Å²) in [5.41, 5.74) is 2.52. The smallest absolute Gasteiger partial charge is 0.337 e. The van der Waals surface area contributed by atoms with Crippen molar-refractivity contribution >= 4 is 23.5 Å². The number of ether oxygens (including phenoxy) is 1. The Kier molecular flexibility index (Phi) is 4.52. The molecule has 2 amide bonds. The lowest BCUT2D eigenvalue weighted by molar-refractivity contribution is -0.120. The third-order valence-corrected chi connectivity index (χ3v) is 4.27. The number of benzene rings is 2. The summed E-state index contributed by atoms with van der Waals surface area (Å²) in [6.07, 6.45) is 0. The van der Waals surface area contributed by atoms with E-state index < -0.39 is 12.0 Å². The van der Waals surface area contributed by atoms with Crippen molar-refractivity contribution in [3.8, 4) is 0 Å². The summed E-state index contributed by atoms with van der Waals surface area (Å²) in [7, 11) is 1.31. The molecule has 128 valence electrons. The Morgan fingerprint density at radius 3 is 2.44 bits per heavy atom. The van der Waals surface area contributed by atoms with Crippen LogP contribution in [0.4, 0.5) is 5.69 Å². The summed E-state index contributed by atoms with van der Waals surface area (Å²) in [4.78, 5) is 37.9. The first kappa shape index (κ1) is 16.7. The van der Waals surface area contributed by atoms with Crippen molar-refractivity contribution in [2.75, 3.05) is 12.4 Å². The van der Waals surface area contributed by atoms with Crippen molar-refractivity contribution < 1.29 is 19.1 Å². The highest BCUT2D eigenvalue weighted by molar-refractivity contribution is 6.03. The third kappa shape index (κ3) is 3.24. The molecule has 0 aliphatic carbocycles. The molecule has 1 aliphatic heterocycles. The number of carbonyl (C=O) groups is 3. The molecule has 0 spiro atoms. The SMILES string of the molecule is COC(=O)c1ccc(NC(=O)[C@H](C)N2Cc3ccccc3C2=O)cc1. The van der Waals surface area contributed by atoms with E-state index in [0.717, 1.165) is 5.56 Å². The van der Waals surface area contributed by atoms with E-state index in [1.54, 1.807) is 42.2 Å². The molecule has 3 rings (SSSR count). The van der Waals surface area contributed by atoms with Crippen molar-refractivity contribution in [3.63, 3.8) is 0 Å². The van der Waals surface area contributed by atoms with Crippen LogP contribution >= 0.6 is 0 Å². The molecule has 0 unspecified atom stereocenters. The van der Waals surface area contributed by atoms with Crippen LogP contribution in [0.3, 0.4) is 0 Å². The molecule has 2 aromatic rings. The lowest BCUT2D eigenvalue weighted by Gasteiger charge is -2.23. The summed E-state index contributed by atoms with van der Waals surface area (Å²) in [6, 6.07) is 13.1. The van der Waals surface area contributed by atoms with Crippen LogP contribution < -0.4 is 5.32 Å². The minimum absolute atomic E-state index is 0.140. The number of esters is 1. The number of nitrogens with zero attached hydrogens (tertiary/aromatic N) is 1. The second-order valence-electron chi connectivity index (χ2n) is 5.82. The number of methoxy groups -OCH3 is 1. The molecule has 2 aromatic carbocycles. The van der Waals surface area contributed by atoms with E-state index in [1.807, 2.05) is 18.2 Å². The molecule has 0 radical (unpaired) electrons. The van der Waals surface area contributed by atoms with E-state index in [9.17, 15) is 14.4 Å². The molecule has 25 heavy (non-hydrogen) atoms. The second kappa shape index (κ2) is 6.76. The maximum Gasteiger partial charge on any atom is 0.337 e. The van der Waals surface area contributed by atoms with Gasteiger partial charge >= 0.3 is 5.97 Å². The van der Waals surface area contributed by atoms with Gasteiger partial charge < -0.3 is 15.0 Å². The molecule has 1 N–H and O–H groups in total. The number of nitrogens with one attached hydrogen (secondary N) is 1. The highest BCUT2D eigenvalue weighted by atomic mass is 16.5. The fourth-order valence-corrected chi connectivity index (χ4v) is 2.79. The lowest BCUT2D eigenvalue weighted by atomic mass is 10.1. The van der Waals surface area contributed by atoms with Crippen LogP contribution in [0.5, 0.6) is 0 Å². The zero-order valence-corrected chi connectivity index (χ0v) is 14.0. The molecule has 1 heterocycles. The molecule has 6 heteroatoms. The Hall–Kier alpha value is -3.15. The number of anilines is 1. The lowest BCUT2D eigenvalue weighted by Crippen LogP contribution is -2.42. The zero-order chi connectivity index (χ0) is 18.0. The van der Waals surface area contributed by atoms with E-state index in [1.165, 1.54) is 7.11 Å². The summed E-state index contributed by atoms with van der Waals surface area (Å²) in [5, 5.41) is 2.77. The van der Waals surface area contributed by atoms with E-state index in [-0.39, 0.29) is 11.8 Å². The predicted molar refractivity (Wildman–Crippen MR) is 92.2 cm³/mol. The fourth-order valence-electron chi connectivity index (χ4n) is 2.79. The highest BCUT2D eigenvalue weighted by Gasteiger charge is 2.33. The van der Waals surface area contributed by atoms with E-state index >= 15 is 0 Å². The molecule has 0 saturated carbocycles. The van der Waals surface area contributed by atoms with Gasteiger partial charge in [-0.2, -0.15) is 0 Å². The number of fused-ring (bicyclic) bond motifs is 1. The van der Waals surface area contributed by atoms with Gasteiger partial charge in [-0.05, 0) is 42.8 Å². The Morgan fingerprint density at radius 2 is 1.80 bits per heavy atom. The molecule has 0 aromatic heterocycles. The van der Waals surface area contributed by atoms with Crippen LogP contribution in [0, 0.1) is 0 Å². The van der Waals surface area contributed by atoms with E-state index in [0.29, 0.717) is 23.4 Å². The number of rotatable bonds is 4. The van der Waals surface area contributed by atoms with Gasteiger partial charge in [0.2, 0.25) is 5.91 Å². The van der Waals surface area contributed by atoms with Crippen LogP contribution in [-0.4, -0.2) is 35.8 Å². The first-order valence-electron chi connectivity index (χ1n) is 7.89. The molecule has 0 saturated heterocycles. The summed E-state index contributed by atoms with van der Waals surface area (Å²) in [6.45, 7) is 2.12. The van der Waals surface area contributed by atoms with E-state index in [2.05, 4.69) is 10.1 Å². The maximum absolute atomic E-state index is 12.5. The van der Waals surface area contributed by atoms with Gasteiger partial charge in [0.25, 0.3) is 5.91 Å². The number of hydrogen-bond acceptors (Lipinski definition) is 4. The normalized spacial score (nSPS) is 14.0. The molecular weight excluding hydrogens is 320 g/mol. The molecular formula is C19H18N2O4. The summed E-state index contributed by atoms with van der Waals surface area (Å²) < 4.78 is 4.64. The molecule has 6 nitrogen and oxygen atoms in total. The van der Waals surface area contributed by atoms with Gasteiger partial charge in [-0.1, -0.05) is 18.2 Å². The molecule has 1 aliphatic rings. The number of carbonyl (C=O) groups excluding carboxylic acids is 3. The van der Waals surface area contributed by atoms with Crippen molar-refractivity contribution in [3.05, 3.63) is 65.2 Å². The molecule has 0 bridgehead atoms. The number of amides is 2. The van der Waals surface area contributed by atoms with Crippen LogP contribution in [-0.2, 0) is 16.1 Å². The number of hydrogen-bond donors (Lipinski definition) is 1. The average Bonchev–Trinajstić information content (AvgIpc) is 2.98. The van der Waals surface area contributed by atoms with Crippen molar-refractivity contribution in [2.24, 2.45) is 0 Å². The minimum atomic E-state index is -0.611. The largest absolute Gasteiger partial charge is 0.465 e. The minimum Gasteiger partial charge on any atom is -0.465 e. The quantitative estimate of drug-likeness (QED) is 0.869. The van der Waals surface area contributed by atoms with Gasteiger partial charge in [0.1, 0.15) is 6.04 Å². The van der Waals surface area contributed by atoms with Gasteiger partial charge in [-0.3, -0.25) is 9.59 Å². The predicted octanol–water partition coefficient (Wildman–Crippen LogP) is 2.46. The van der Waals surface area contributed by atoms with Crippen LogP contribution in [0.2, 0.25) is 0 Å². The van der Waals surface area contributed by atoms with Gasteiger partial charge in [0.15, 0.2) is 0 Å². The monoisotopic (exact) mass is 338 g/mol. The Bertz CT molecular complexity index is 830. The van der Waals surface area contributed by atoms with Crippen LogP contribution in [0.15, 0.2) is 48.5 Å². The second-order valence-corrected chi connectivity index (χ2v) is 5.82. The van der Waals surface area contributed by atoms with E-state index in [4.69, 9.17) is 0 Å². The molecule has 1 atom stereocenters. The van der Waals surface area contributed by atoms with Crippen molar-refractivity contribution in [1.82, 2.24) is 4.90 Å². The third-order valence-electron chi connectivity index (χ3n) is 4.27. The van der Waals surface area contributed by atoms with Crippen molar-refractivity contribution in [1.29, 1.82) is 0 Å². The highest BCUT2D eigenvalue weighted by Crippen LogP contribution is 2.24. The zero-order valence-electron chi connectivity index (χ0n) is 14.0. The topological polar surface area (TPSA) is 75.7 Å². The average molecular weight is 338 g/mol. The summed E-state index contributed by atoms with van der Waals surface area (Å²) >= 11 is 0. The van der Waals surface area contributed by atoms with Crippen LogP contribution in [0.1, 0.15) is 33.2 Å². The van der Waals surface area contributed by atoms with Gasteiger partial charge in [0.05, 0.1) is 12.7 Å². The first-order chi connectivity index (χ1) is 12.0. The van der Waals surface area contributed by atoms with Gasteiger partial charge in [-0.15, -0.1) is 0 Å². The standard InChI is InChI=1S/C19H18N2O4/c1-12(21-11-14-5-3-4-6-16(14)18(21)23)17(22)20-15-9-7-13(8-10-15)19(24)25-2/h3-10,12H,11H2,1-2H3,(H,20,22)/t12-/m0/s1. The summed E-state index contributed by atoms with van der Waals surface area (Å²) in [5.74, 6) is -0.863.